The van der Waals surface area contributed by atoms with Crippen molar-refractivity contribution in [2.75, 3.05) is 6.61 Å². The number of unbranched alkanes of at least 4 members (excludes halogenated alkanes) is 5. The Morgan fingerprint density at radius 2 is 1.46 bits per heavy atom. The Balaban J connectivity index is 2.02. The Labute approximate surface area is 172 Å². The van der Waals surface area contributed by atoms with Gasteiger partial charge in [0, 0.05) is 0 Å². The second-order valence-corrected chi connectivity index (χ2v) is 7.91. The van der Waals surface area contributed by atoms with Crippen LogP contribution in [0, 0.1) is 13.8 Å². The molecule has 0 bridgehead atoms. The molecule has 28 heavy (non-hydrogen) atoms. The summed E-state index contributed by atoms with van der Waals surface area (Å²) < 4.78 is 5.99. The molecule has 0 radical (unpaired) electrons. The lowest BCUT2D eigenvalue weighted by Crippen LogP contribution is -2.06. The Bertz CT molecular complexity index is 703. The zero-order chi connectivity index (χ0) is 20.4. The number of aliphatic hydroxyl groups is 1. The second-order valence-electron chi connectivity index (χ2n) is 7.91. The lowest BCUT2D eigenvalue weighted by atomic mass is 9.93. The summed E-state index contributed by atoms with van der Waals surface area (Å²) in [6.07, 6.45) is 9.10. The molecule has 0 heterocycles. The van der Waals surface area contributed by atoms with Crippen LogP contribution in [0.3, 0.4) is 0 Å². The third kappa shape index (κ3) is 6.38. The van der Waals surface area contributed by atoms with Crippen molar-refractivity contribution in [1.82, 2.24) is 0 Å². The summed E-state index contributed by atoms with van der Waals surface area (Å²) in [6.45, 7) is 9.38. The van der Waals surface area contributed by atoms with Gasteiger partial charge in [0.2, 0.25) is 0 Å². The fraction of sp³-hybridized carbons (Fsp3) is 0.538. The van der Waals surface area contributed by atoms with Gasteiger partial charge in [-0.3, -0.25) is 0 Å². The Kier molecular flexibility index (Phi) is 9.57. The second kappa shape index (κ2) is 11.9. The smallest absolute Gasteiger partial charge is 0.122 e. The number of aryl methyl sites for hydroxylation is 1. The third-order valence-corrected chi connectivity index (χ3v) is 5.69. The van der Waals surface area contributed by atoms with E-state index in [1.807, 2.05) is 12.1 Å². The topological polar surface area (TPSA) is 29.5 Å². The predicted molar refractivity (Wildman–Crippen MR) is 119 cm³/mol. The largest absolute Gasteiger partial charge is 0.493 e. The summed E-state index contributed by atoms with van der Waals surface area (Å²) >= 11 is 0. The average Bonchev–Trinajstić information content (AvgIpc) is 2.71. The summed E-state index contributed by atoms with van der Waals surface area (Å²) in [5.74, 6) is 0.941. The van der Waals surface area contributed by atoms with Crippen molar-refractivity contribution >= 4 is 0 Å². The first-order chi connectivity index (χ1) is 13.6. The predicted octanol–water partition coefficient (Wildman–Crippen LogP) is 7.08. The van der Waals surface area contributed by atoms with Gasteiger partial charge in [0.15, 0.2) is 0 Å². The average molecular weight is 383 g/mol. The van der Waals surface area contributed by atoms with E-state index in [9.17, 15) is 5.11 Å². The summed E-state index contributed by atoms with van der Waals surface area (Å²) in [5.41, 5.74) is 5.52. The lowest BCUT2D eigenvalue weighted by molar-refractivity contribution is 0.219. The lowest BCUT2D eigenvalue weighted by Gasteiger charge is -2.19. The molecule has 2 aromatic carbocycles. The van der Waals surface area contributed by atoms with E-state index >= 15 is 0 Å². The number of hydrogen-bond donors (Lipinski definition) is 1. The molecule has 0 aliphatic heterocycles. The van der Waals surface area contributed by atoms with E-state index in [1.54, 1.807) is 0 Å². The van der Waals surface area contributed by atoms with Gasteiger partial charge in [-0.25, -0.2) is 0 Å². The summed E-state index contributed by atoms with van der Waals surface area (Å²) in [5, 5.41) is 10.9. The number of rotatable bonds is 12. The van der Waals surface area contributed by atoms with Crippen molar-refractivity contribution in [2.24, 2.45) is 0 Å². The molecule has 154 valence electrons. The minimum atomic E-state index is -0.595. The van der Waals surface area contributed by atoms with Gasteiger partial charge in [-0.2, -0.15) is 0 Å². The molecule has 0 amide bonds. The van der Waals surface area contributed by atoms with Gasteiger partial charge in [-0.1, -0.05) is 76.3 Å². The maximum atomic E-state index is 10.9. The van der Waals surface area contributed by atoms with Gasteiger partial charge in [0.25, 0.3) is 0 Å². The molecule has 1 unspecified atom stereocenters. The third-order valence-electron chi connectivity index (χ3n) is 5.69. The number of ether oxygens (including phenoxy) is 1. The van der Waals surface area contributed by atoms with E-state index in [4.69, 9.17) is 4.74 Å². The Hall–Kier alpha value is -1.80. The molecule has 2 rings (SSSR count). The Morgan fingerprint density at radius 1 is 0.786 bits per heavy atom. The Morgan fingerprint density at radius 3 is 2.14 bits per heavy atom. The first kappa shape index (κ1) is 22.5. The highest BCUT2D eigenvalue weighted by atomic mass is 16.5. The molecule has 0 saturated carbocycles. The van der Waals surface area contributed by atoms with Crippen LogP contribution in [0.25, 0.3) is 0 Å². The standard InChI is InChI=1S/C26H38O2/c1-5-7-9-11-19-28-25-18-17-24(20(3)21(25)4)26(27)23-15-13-22(14-16-23)12-10-8-6-2/h13-18,26-27H,5-12,19H2,1-4H3. The zero-order valence-corrected chi connectivity index (χ0v) is 18.3. The minimum Gasteiger partial charge on any atom is -0.493 e. The SMILES string of the molecule is CCCCCCOc1ccc(C(O)c2ccc(CCCCC)cc2)c(C)c1C. The normalized spacial score (nSPS) is 12.2. The molecular weight excluding hydrogens is 344 g/mol. The molecule has 0 aromatic heterocycles. The first-order valence-corrected chi connectivity index (χ1v) is 11.1. The van der Waals surface area contributed by atoms with Crippen molar-refractivity contribution in [2.45, 2.75) is 85.2 Å². The summed E-state index contributed by atoms with van der Waals surface area (Å²) in [6, 6.07) is 12.5. The summed E-state index contributed by atoms with van der Waals surface area (Å²) in [4.78, 5) is 0. The van der Waals surface area contributed by atoms with Crippen LogP contribution in [-0.4, -0.2) is 11.7 Å². The summed E-state index contributed by atoms with van der Waals surface area (Å²) in [7, 11) is 0. The molecule has 0 fully saturated rings. The van der Waals surface area contributed by atoms with Gasteiger partial charge in [0.05, 0.1) is 6.61 Å². The maximum Gasteiger partial charge on any atom is 0.122 e. The van der Waals surface area contributed by atoms with Crippen LogP contribution < -0.4 is 4.74 Å². The van der Waals surface area contributed by atoms with E-state index < -0.39 is 6.10 Å². The van der Waals surface area contributed by atoms with Gasteiger partial charge in [-0.05, 0) is 67.0 Å². The van der Waals surface area contributed by atoms with E-state index in [0.29, 0.717) is 0 Å². The molecule has 2 aromatic rings. The molecular formula is C26H38O2. The van der Waals surface area contributed by atoms with Gasteiger partial charge in [0.1, 0.15) is 11.9 Å². The van der Waals surface area contributed by atoms with Crippen molar-refractivity contribution in [3.8, 4) is 5.75 Å². The van der Waals surface area contributed by atoms with Gasteiger partial charge >= 0.3 is 0 Å². The number of benzene rings is 2. The van der Waals surface area contributed by atoms with Crippen LogP contribution in [0.4, 0.5) is 0 Å². The van der Waals surface area contributed by atoms with Crippen LogP contribution in [0.2, 0.25) is 0 Å². The highest BCUT2D eigenvalue weighted by Gasteiger charge is 2.16. The molecule has 0 spiro atoms. The first-order valence-electron chi connectivity index (χ1n) is 11.1. The van der Waals surface area contributed by atoms with Crippen LogP contribution in [0.1, 0.15) is 92.7 Å². The van der Waals surface area contributed by atoms with Gasteiger partial charge in [-0.15, -0.1) is 0 Å². The zero-order valence-electron chi connectivity index (χ0n) is 18.3. The molecule has 2 nitrogen and oxygen atoms in total. The molecule has 1 atom stereocenters. The molecule has 0 saturated heterocycles. The molecule has 0 aliphatic carbocycles. The quantitative estimate of drug-likeness (QED) is 0.397. The van der Waals surface area contributed by atoms with E-state index in [0.717, 1.165) is 47.5 Å². The van der Waals surface area contributed by atoms with Crippen LogP contribution in [0.15, 0.2) is 36.4 Å². The monoisotopic (exact) mass is 382 g/mol. The molecule has 2 heteroatoms. The van der Waals surface area contributed by atoms with Crippen molar-refractivity contribution < 1.29 is 9.84 Å². The maximum absolute atomic E-state index is 10.9. The highest BCUT2D eigenvalue weighted by molar-refractivity contribution is 5.46. The fourth-order valence-electron chi connectivity index (χ4n) is 3.61. The van der Waals surface area contributed by atoms with Crippen LogP contribution in [-0.2, 0) is 6.42 Å². The highest BCUT2D eigenvalue weighted by Crippen LogP contribution is 2.31. The van der Waals surface area contributed by atoms with Crippen LogP contribution >= 0.6 is 0 Å². The van der Waals surface area contributed by atoms with Crippen molar-refractivity contribution in [3.63, 3.8) is 0 Å². The van der Waals surface area contributed by atoms with Crippen molar-refractivity contribution in [1.29, 1.82) is 0 Å². The van der Waals surface area contributed by atoms with E-state index in [-0.39, 0.29) is 0 Å². The van der Waals surface area contributed by atoms with Gasteiger partial charge < -0.3 is 9.84 Å². The minimum absolute atomic E-state index is 0.595. The number of hydrogen-bond acceptors (Lipinski definition) is 2. The van der Waals surface area contributed by atoms with Crippen molar-refractivity contribution in [3.05, 3.63) is 64.2 Å². The van der Waals surface area contributed by atoms with E-state index in [1.165, 1.54) is 44.1 Å². The number of aliphatic hydroxyl groups excluding tert-OH is 1. The van der Waals surface area contributed by atoms with E-state index in [2.05, 4.69) is 52.0 Å². The van der Waals surface area contributed by atoms with Crippen LogP contribution in [0.5, 0.6) is 5.75 Å². The fourth-order valence-corrected chi connectivity index (χ4v) is 3.61. The molecule has 0 aliphatic rings. The molecule has 1 N–H and O–H groups in total.